The van der Waals surface area contributed by atoms with Gasteiger partial charge in [-0.05, 0) is 44.4 Å². The number of hydrogen-bond acceptors (Lipinski definition) is 7. The summed E-state index contributed by atoms with van der Waals surface area (Å²) in [4.78, 5) is 22.6. The molecule has 0 aliphatic heterocycles. The zero-order valence-corrected chi connectivity index (χ0v) is 19.0. The Morgan fingerprint density at radius 2 is 1.83 bits per heavy atom. The first-order chi connectivity index (χ1) is 13.7. The largest absolute Gasteiger partial charge is 0.308 e. The van der Waals surface area contributed by atoms with Gasteiger partial charge in [0.05, 0.1) is 20.9 Å². The molecule has 0 aliphatic carbocycles. The van der Waals surface area contributed by atoms with Crippen molar-refractivity contribution in [3.8, 4) is 0 Å². The van der Waals surface area contributed by atoms with Gasteiger partial charge in [0.1, 0.15) is 0 Å². The molecule has 0 bridgehead atoms. The SMILES string of the molecule is CN(C)CCN(C(=O)CSc1ccccc1)c1nc2ccc(S(C)(=O)=O)cc2s1. The fourth-order valence-electron chi connectivity index (χ4n) is 2.61. The Morgan fingerprint density at radius 3 is 2.48 bits per heavy atom. The summed E-state index contributed by atoms with van der Waals surface area (Å²) in [6.45, 7) is 1.21. The molecule has 29 heavy (non-hydrogen) atoms. The Hall–Kier alpha value is -1.94. The summed E-state index contributed by atoms with van der Waals surface area (Å²) in [5.41, 5.74) is 0.691. The van der Waals surface area contributed by atoms with E-state index in [1.165, 1.54) is 29.4 Å². The molecule has 6 nitrogen and oxygen atoms in total. The Labute approximate surface area is 179 Å². The molecule has 9 heteroatoms. The minimum atomic E-state index is -3.29. The van der Waals surface area contributed by atoms with Crippen LogP contribution < -0.4 is 4.90 Å². The minimum absolute atomic E-state index is 0.0249. The maximum absolute atomic E-state index is 13.0. The topological polar surface area (TPSA) is 70.6 Å². The van der Waals surface area contributed by atoms with Crippen molar-refractivity contribution >= 4 is 54.2 Å². The number of carbonyl (C=O) groups excluding carboxylic acids is 1. The van der Waals surface area contributed by atoms with E-state index >= 15 is 0 Å². The smallest absolute Gasteiger partial charge is 0.239 e. The highest BCUT2D eigenvalue weighted by Crippen LogP contribution is 2.31. The van der Waals surface area contributed by atoms with E-state index < -0.39 is 9.84 Å². The molecular weight excluding hydrogens is 426 g/mol. The predicted molar refractivity (Wildman–Crippen MR) is 121 cm³/mol. The number of fused-ring (bicyclic) bond motifs is 1. The summed E-state index contributed by atoms with van der Waals surface area (Å²) in [5, 5.41) is 0.589. The number of anilines is 1. The fraction of sp³-hybridized carbons (Fsp3) is 0.300. The van der Waals surface area contributed by atoms with Crippen molar-refractivity contribution in [3.63, 3.8) is 0 Å². The molecule has 0 N–H and O–H groups in total. The van der Waals surface area contributed by atoms with Gasteiger partial charge < -0.3 is 4.90 Å². The second-order valence-electron chi connectivity index (χ2n) is 6.85. The molecule has 3 rings (SSSR count). The number of hydrogen-bond donors (Lipinski definition) is 0. The number of rotatable bonds is 8. The summed E-state index contributed by atoms with van der Waals surface area (Å²) in [5.74, 6) is 0.283. The van der Waals surface area contributed by atoms with Gasteiger partial charge in [-0.15, -0.1) is 11.8 Å². The molecule has 1 aromatic heterocycles. The number of carbonyl (C=O) groups is 1. The van der Waals surface area contributed by atoms with Crippen LogP contribution in [0.25, 0.3) is 10.2 Å². The zero-order valence-electron chi connectivity index (χ0n) is 16.5. The van der Waals surface area contributed by atoms with Gasteiger partial charge in [0.25, 0.3) is 0 Å². The monoisotopic (exact) mass is 449 g/mol. The van der Waals surface area contributed by atoms with E-state index in [-0.39, 0.29) is 10.8 Å². The lowest BCUT2D eigenvalue weighted by atomic mass is 10.3. The summed E-state index contributed by atoms with van der Waals surface area (Å²) < 4.78 is 24.4. The number of benzene rings is 2. The van der Waals surface area contributed by atoms with Crippen molar-refractivity contribution in [3.05, 3.63) is 48.5 Å². The number of thiazole rings is 1. The van der Waals surface area contributed by atoms with Crippen LogP contribution in [-0.4, -0.2) is 63.4 Å². The normalized spacial score (nSPS) is 11.9. The van der Waals surface area contributed by atoms with Gasteiger partial charge in [0.2, 0.25) is 5.91 Å². The van der Waals surface area contributed by atoms with Gasteiger partial charge in [0.15, 0.2) is 15.0 Å². The molecular formula is C20H23N3O3S3. The molecule has 0 saturated heterocycles. The van der Waals surface area contributed by atoms with Gasteiger partial charge >= 0.3 is 0 Å². The Balaban J connectivity index is 1.86. The van der Waals surface area contributed by atoms with Crippen LogP contribution in [0.3, 0.4) is 0 Å². The molecule has 1 heterocycles. The molecule has 0 fully saturated rings. The van der Waals surface area contributed by atoms with E-state index in [1.54, 1.807) is 23.1 Å². The summed E-state index contributed by atoms with van der Waals surface area (Å²) in [6, 6.07) is 14.7. The highest BCUT2D eigenvalue weighted by atomic mass is 32.2. The summed E-state index contributed by atoms with van der Waals surface area (Å²) in [7, 11) is 0.619. The third-order valence-corrected chi connectivity index (χ3v) is 7.33. The second kappa shape index (κ2) is 9.25. The van der Waals surface area contributed by atoms with Crippen LogP contribution >= 0.6 is 23.1 Å². The van der Waals surface area contributed by atoms with E-state index in [4.69, 9.17) is 0 Å². The molecule has 3 aromatic rings. The third-order valence-electron chi connectivity index (χ3n) is 4.19. The van der Waals surface area contributed by atoms with Gasteiger partial charge in [-0.1, -0.05) is 29.5 Å². The Bertz CT molecular complexity index is 1100. The molecule has 0 spiro atoms. The quantitative estimate of drug-likeness (QED) is 0.491. The van der Waals surface area contributed by atoms with Gasteiger partial charge in [-0.25, -0.2) is 13.4 Å². The maximum atomic E-state index is 13.0. The van der Waals surface area contributed by atoms with E-state index in [1.807, 2.05) is 49.3 Å². The third kappa shape index (κ3) is 5.79. The number of thioether (sulfide) groups is 1. The van der Waals surface area contributed by atoms with Crippen LogP contribution in [-0.2, 0) is 14.6 Å². The molecule has 1 amide bonds. The lowest BCUT2D eigenvalue weighted by Gasteiger charge is -2.21. The standard InChI is InChI=1S/C20H23N3O3S3/c1-22(2)11-12-23(19(24)14-27-15-7-5-4-6-8-15)20-21-17-10-9-16(29(3,25)26)13-18(17)28-20/h4-10,13H,11-12,14H2,1-3H3. The second-order valence-corrected chi connectivity index (χ2v) is 10.9. The average Bonchev–Trinajstić information content (AvgIpc) is 3.09. The van der Waals surface area contributed by atoms with Crippen molar-refractivity contribution in [2.24, 2.45) is 0 Å². The number of sulfone groups is 1. The maximum Gasteiger partial charge on any atom is 0.239 e. The van der Waals surface area contributed by atoms with Gasteiger partial charge in [-0.2, -0.15) is 0 Å². The molecule has 154 valence electrons. The molecule has 0 aliphatic rings. The first kappa shape index (κ1) is 21.8. The highest BCUT2D eigenvalue weighted by molar-refractivity contribution is 8.00. The number of likely N-dealkylation sites (N-methyl/N-ethyl adjacent to an activating group) is 1. The lowest BCUT2D eigenvalue weighted by Crippen LogP contribution is -2.37. The van der Waals surface area contributed by atoms with Crippen LogP contribution in [0.4, 0.5) is 5.13 Å². The highest BCUT2D eigenvalue weighted by Gasteiger charge is 2.21. The van der Waals surface area contributed by atoms with Crippen LogP contribution in [0.2, 0.25) is 0 Å². The Kier molecular flexibility index (Phi) is 6.94. The molecule has 0 radical (unpaired) electrons. The Morgan fingerprint density at radius 1 is 1.10 bits per heavy atom. The predicted octanol–water partition coefficient (Wildman–Crippen LogP) is 3.39. The average molecular weight is 450 g/mol. The van der Waals surface area contributed by atoms with Gasteiger partial charge in [0, 0.05) is 24.2 Å². The van der Waals surface area contributed by atoms with E-state index in [9.17, 15) is 13.2 Å². The lowest BCUT2D eigenvalue weighted by molar-refractivity contribution is -0.116. The van der Waals surface area contributed by atoms with Crippen molar-refractivity contribution in [1.82, 2.24) is 9.88 Å². The minimum Gasteiger partial charge on any atom is -0.308 e. The van der Waals surface area contributed by atoms with Crippen LogP contribution in [0, 0.1) is 0 Å². The van der Waals surface area contributed by atoms with Crippen molar-refractivity contribution in [1.29, 1.82) is 0 Å². The fourth-order valence-corrected chi connectivity index (χ4v) is 5.17. The van der Waals surface area contributed by atoms with E-state index in [0.29, 0.717) is 29.5 Å². The van der Waals surface area contributed by atoms with Crippen LogP contribution in [0.5, 0.6) is 0 Å². The number of nitrogens with zero attached hydrogens (tertiary/aromatic N) is 3. The number of aromatic nitrogens is 1. The molecule has 2 aromatic carbocycles. The summed E-state index contributed by atoms with van der Waals surface area (Å²) in [6.07, 6.45) is 1.18. The van der Waals surface area contributed by atoms with Crippen LogP contribution in [0.1, 0.15) is 0 Å². The van der Waals surface area contributed by atoms with Crippen molar-refractivity contribution in [2.75, 3.05) is 44.1 Å². The van der Waals surface area contributed by atoms with Crippen molar-refractivity contribution in [2.45, 2.75) is 9.79 Å². The zero-order chi connectivity index (χ0) is 21.0. The first-order valence-corrected chi connectivity index (χ1v) is 12.7. The molecule has 0 saturated carbocycles. The first-order valence-electron chi connectivity index (χ1n) is 8.97. The molecule has 0 unspecified atom stereocenters. The molecule has 0 atom stereocenters. The van der Waals surface area contributed by atoms with Crippen molar-refractivity contribution < 1.29 is 13.2 Å². The summed E-state index contributed by atoms with van der Waals surface area (Å²) >= 11 is 2.83. The van der Waals surface area contributed by atoms with E-state index in [0.717, 1.165) is 9.60 Å². The van der Waals surface area contributed by atoms with E-state index in [2.05, 4.69) is 4.98 Å². The number of amides is 1. The van der Waals surface area contributed by atoms with Gasteiger partial charge in [-0.3, -0.25) is 9.69 Å². The van der Waals surface area contributed by atoms with Crippen LogP contribution in [0.15, 0.2) is 58.3 Å².